The largest absolute Gasteiger partial charge is 0.368 e. The van der Waals surface area contributed by atoms with E-state index >= 15 is 0 Å². The minimum Gasteiger partial charge on any atom is -0.368 e. The molecule has 5 rings (SSSR count). The summed E-state index contributed by atoms with van der Waals surface area (Å²) in [7, 11) is 0. The number of hydrogen-bond donors (Lipinski definition) is 2. The molecule has 2 aromatic rings. The van der Waals surface area contributed by atoms with Gasteiger partial charge in [0.15, 0.2) is 0 Å². The summed E-state index contributed by atoms with van der Waals surface area (Å²) < 4.78 is 0. The van der Waals surface area contributed by atoms with Crippen LogP contribution in [-0.4, -0.2) is 48.8 Å². The van der Waals surface area contributed by atoms with E-state index in [1.54, 1.807) is 6.07 Å². The zero-order chi connectivity index (χ0) is 21.5. The van der Waals surface area contributed by atoms with Gasteiger partial charge in [0, 0.05) is 61.6 Å². The summed E-state index contributed by atoms with van der Waals surface area (Å²) in [5, 5.41) is 5.85. The van der Waals surface area contributed by atoms with E-state index in [9.17, 15) is 14.4 Å². The standard InChI is InChI=1S/C24H26N4O3/c1-15-12-19(14-17-4-7-22(30)26-23(15)17)27-8-10-28(11-9-27)24(31)18-2-5-20-16(13-18)3-6-21(29)25-20/h2,5,12-14H,3-4,6-11H2,1H3,(H,25,29)(H,26,30). The number of rotatable bonds is 2. The first-order chi connectivity index (χ1) is 15.0. The second-order valence-corrected chi connectivity index (χ2v) is 8.54. The molecular formula is C24H26N4O3. The molecule has 2 N–H and O–H groups in total. The number of amides is 3. The average molecular weight is 418 g/mol. The Bertz CT molecular complexity index is 1090. The second kappa shape index (κ2) is 7.72. The third-order valence-corrected chi connectivity index (χ3v) is 6.47. The number of anilines is 3. The molecule has 0 unspecified atom stereocenters. The molecule has 1 saturated heterocycles. The lowest BCUT2D eigenvalue weighted by Gasteiger charge is -2.37. The lowest BCUT2D eigenvalue weighted by atomic mass is 9.98. The molecule has 1 fully saturated rings. The molecule has 0 atom stereocenters. The number of fused-ring (bicyclic) bond motifs is 2. The van der Waals surface area contributed by atoms with Crippen LogP contribution in [0.1, 0.15) is 39.9 Å². The summed E-state index contributed by atoms with van der Waals surface area (Å²) in [5.74, 6) is 0.159. The summed E-state index contributed by atoms with van der Waals surface area (Å²) in [6.45, 7) is 4.92. The van der Waals surface area contributed by atoms with Crippen LogP contribution in [0.25, 0.3) is 0 Å². The first-order valence-corrected chi connectivity index (χ1v) is 10.9. The Morgan fingerprint density at radius 2 is 1.55 bits per heavy atom. The third-order valence-electron chi connectivity index (χ3n) is 6.47. The maximum atomic E-state index is 13.0. The number of nitrogens with one attached hydrogen (secondary N) is 2. The molecular weight excluding hydrogens is 392 g/mol. The molecule has 3 amide bonds. The highest BCUT2D eigenvalue weighted by molar-refractivity contribution is 5.98. The number of aryl methyl sites for hydroxylation is 3. The van der Waals surface area contributed by atoms with Gasteiger partial charge in [-0.3, -0.25) is 14.4 Å². The van der Waals surface area contributed by atoms with Crippen LogP contribution in [0.2, 0.25) is 0 Å². The molecule has 2 aromatic carbocycles. The summed E-state index contributed by atoms with van der Waals surface area (Å²) in [5.41, 5.74) is 6.91. The van der Waals surface area contributed by atoms with Gasteiger partial charge in [0.05, 0.1) is 0 Å². The van der Waals surface area contributed by atoms with E-state index in [0.717, 1.165) is 47.7 Å². The lowest BCUT2D eigenvalue weighted by Crippen LogP contribution is -2.48. The van der Waals surface area contributed by atoms with Gasteiger partial charge in [-0.05, 0) is 66.8 Å². The van der Waals surface area contributed by atoms with Crippen molar-refractivity contribution in [3.63, 3.8) is 0 Å². The number of hydrogen-bond acceptors (Lipinski definition) is 4. The minimum atomic E-state index is 0.0301. The van der Waals surface area contributed by atoms with Gasteiger partial charge in [-0.2, -0.15) is 0 Å². The summed E-state index contributed by atoms with van der Waals surface area (Å²) in [4.78, 5) is 40.5. The Labute approximate surface area is 181 Å². The molecule has 0 aliphatic carbocycles. The molecule has 0 bridgehead atoms. The number of carbonyl (C=O) groups is 3. The van der Waals surface area contributed by atoms with Gasteiger partial charge < -0.3 is 20.4 Å². The number of carbonyl (C=O) groups excluding carboxylic acids is 3. The van der Waals surface area contributed by atoms with Gasteiger partial charge in [0.2, 0.25) is 11.8 Å². The molecule has 31 heavy (non-hydrogen) atoms. The first kappa shape index (κ1) is 19.6. The van der Waals surface area contributed by atoms with Crippen LogP contribution in [-0.2, 0) is 22.4 Å². The van der Waals surface area contributed by atoms with Crippen molar-refractivity contribution in [3.05, 3.63) is 52.6 Å². The van der Waals surface area contributed by atoms with Gasteiger partial charge >= 0.3 is 0 Å². The zero-order valence-corrected chi connectivity index (χ0v) is 17.7. The Kier molecular flexibility index (Phi) is 4.88. The van der Waals surface area contributed by atoms with Crippen molar-refractivity contribution >= 4 is 34.8 Å². The predicted octanol–water partition coefficient (Wildman–Crippen LogP) is 2.73. The van der Waals surface area contributed by atoms with Gasteiger partial charge in [-0.15, -0.1) is 0 Å². The molecule has 3 aliphatic heterocycles. The molecule has 7 heteroatoms. The lowest BCUT2D eigenvalue weighted by molar-refractivity contribution is -0.117. The fourth-order valence-corrected chi connectivity index (χ4v) is 4.72. The summed E-state index contributed by atoms with van der Waals surface area (Å²) in [6, 6.07) is 9.87. The highest BCUT2D eigenvalue weighted by Crippen LogP contribution is 2.32. The molecule has 0 radical (unpaired) electrons. The Hall–Kier alpha value is -3.35. The van der Waals surface area contributed by atoms with Crippen molar-refractivity contribution in [3.8, 4) is 0 Å². The van der Waals surface area contributed by atoms with Crippen LogP contribution in [0.5, 0.6) is 0 Å². The van der Waals surface area contributed by atoms with Gasteiger partial charge in [0.25, 0.3) is 5.91 Å². The van der Waals surface area contributed by atoms with Crippen molar-refractivity contribution in [1.29, 1.82) is 0 Å². The fourth-order valence-electron chi connectivity index (χ4n) is 4.72. The van der Waals surface area contributed by atoms with E-state index in [4.69, 9.17) is 0 Å². The molecule has 3 heterocycles. The zero-order valence-electron chi connectivity index (χ0n) is 17.7. The molecule has 0 aromatic heterocycles. The molecule has 0 spiro atoms. The van der Waals surface area contributed by atoms with Crippen LogP contribution in [0.4, 0.5) is 17.1 Å². The summed E-state index contributed by atoms with van der Waals surface area (Å²) in [6.07, 6.45) is 2.44. The van der Waals surface area contributed by atoms with E-state index in [0.29, 0.717) is 37.9 Å². The smallest absolute Gasteiger partial charge is 0.253 e. The Balaban J connectivity index is 1.27. The van der Waals surface area contributed by atoms with Gasteiger partial charge in [-0.25, -0.2) is 0 Å². The van der Waals surface area contributed by atoms with E-state index in [2.05, 4.69) is 27.7 Å². The number of piperazine rings is 1. The number of benzene rings is 2. The Morgan fingerprint density at radius 3 is 2.32 bits per heavy atom. The van der Waals surface area contributed by atoms with Crippen LogP contribution in [0.15, 0.2) is 30.3 Å². The maximum absolute atomic E-state index is 13.0. The normalized spacial score (nSPS) is 18.1. The highest BCUT2D eigenvalue weighted by atomic mass is 16.2. The first-order valence-electron chi connectivity index (χ1n) is 10.9. The quantitative estimate of drug-likeness (QED) is 0.786. The topological polar surface area (TPSA) is 81.8 Å². The van der Waals surface area contributed by atoms with Crippen molar-refractivity contribution in [2.75, 3.05) is 41.7 Å². The molecule has 160 valence electrons. The van der Waals surface area contributed by atoms with Gasteiger partial charge in [0.1, 0.15) is 0 Å². The van der Waals surface area contributed by atoms with Crippen molar-refractivity contribution in [1.82, 2.24) is 4.90 Å². The minimum absolute atomic E-state index is 0.0301. The molecule has 0 saturated carbocycles. The van der Waals surface area contributed by atoms with Crippen LogP contribution >= 0.6 is 0 Å². The van der Waals surface area contributed by atoms with Crippen molar-refractivity contribution in [2.45, 2.75) is 32.6 Å². The molecule has 3 aliphatic rings. The Morgan fingerprint density at radius 1 is 0.839 bits per heavy atom. The second-order valence-electron chi connectivity index (χ2n) is 8.54. The van der Waals surface area contributed by atoms with Crippen LogP contribution < -0.4 is 15.5 Å². The van der Waals surface area contributed by atoms with E-state index in [1.807, 2.05) is 24.0 Å². The van der Waals surface area contributed by atoms with Crippen LogP contribution in [0.3, 0.4) is 0 Å². The fraction of sp³-hybridized carbons (Fsp3) is 0.375. The van der Waals surface area contributed by atoms with Crippen molar-refractivity contribution in [2.24, 2.45) is 0 Å². The molecule has 7 nitrogen and oxygen atoms in total. The SMILES string of the molecule is Cc1cc(N2CCN(C(=O)c3ccc4c(c3)CCC(=O)N4)CC2)cc2c1NC(=O)CC2. The summed E-state index contributed by atoms with van der Waals surface area (Å²) >= 11 is 0. The van der Waals surface area contributed by atoms with Crippen molar-refractivity contribution < 1.29 is 14.4 Å². The highest BCUT2D eigenvalue weighted by Gasteiger charge is 2.25. The van der Waals surface area contributed by atoms with E-state index < -0.39 is 0 Å². The average Bonchev–Trinajstić information content (AvgIpc) is 2.78. The van der Waals surface area contributed by atoms with Crippen LogP contribution in [0, 0.1) is 6.92 Å². The number of nitrogens with zero attached hydrogens (tertiary/aromatic N) is 2. The monoisotopic (exact) mass is 418 g/mol. The predicted molar refractivity (Wildman–Crippen MR) is 120 cm³/mol. The van der Waals surface area contributed by atoms with Gasteiger partial charge in [-0.1, -0.05) is 0 Å². The van der Waals surface area contributed by atoms with E-state index in [-0.39, 0.29) is 17.7 Å². The maximum Gasteiger partial charge on any atom is 0.253 e. The third kappa shape index (κ3) is 3.76. The van der Waals surface area contributed by atoms with E-state index in [1.165, 1.54) is 5.56 Å².